The molecule has 31 heavy (non-hydrogen) atoms. The maximum atomic E-state index is 12.2. The summed E-state index contributed by atoms with van der Waals surface area (Å²) >= 11 is 1.57. The van der Waals surface area contributed by atoms with Crippen LogP contribution in [0.1, 0.15) is 40.6 Å². The molecular weight excluding hydrogens is 408 g/mol. The molecule has 4 nitrogen and oxygen atoms in total. The molecule has 0 unspecified atom stereocenters. The second-order valence-corrected chi connectivity index (χ2v) is 7.74. The van der Waals surface area contributed by atoms with Gasteiger partial charge in [0.1, 0.15) is 11.5 Å². The lowest BCUT2D eigenvalue weighted by Gasteiger charge is -2.05. The van der Waals surface area contributed by atoms with Crippen LogP contribution in [-0.2, 0) is 4.79 Å². The van der Waals surface area contributed by atoms with Gasteiger partial charge in [0.05, 0.1) is 6.61 Å². The molecule has 0 saturated carbocycles. The van der Waals surface area contributed by atoms with Crippen molar-refractivity contribution in [1.29, 1.82) is 0 Å². The first-order valence-corrected chi connectivity index (χ1v) is 11.0. The van der Waals surface area contributed by atoms with Crippen LogP contribution in [0.15, 0.2) is 78.2 Å². The number of ketones is 1. The van der Waals surface area contributed by atoms with Crippen molar-refractivity contribution >= 4 is 35.2 Å². The van der Waals surface area contributed by atoms with E-state index in [1.165, 1.54) is 12.2 Å². The Morgan fingerprint density at radius 1 is 0.903 bits per heavy atom. The molecule has 3 rings (SSSR count). The monoisotopic (exact) mass is 432 g/mol. The van der Waals surface area contributed by atoms with E-state index in [1.807, 2.05) is 41.8 Å². The fraction of sp³-hybridized carbons (Fsp3) is 0.154. The summed E-state index contributed by atoms with van der Waals surface area (Å²) in [6.45, 7) is 2.82. The second kappa shape index (κ2) is 11.7. The quantitative estimate of drug-likeness (QED) is 0.122. The van der Waals surface area contributed by atoms with E-state index in [2.05, 4.69) is 6.92 Å². The number of rotatable bonds is 10. The number of ether oxygens (including phenoxy) is 2. The summed E-state index contributed by atoms with van der Waals surface area (Å²) in [6.07, 6.45) is 8.50. The number of allylic oxidation sites excluding steroid dienone is 1. The first-order chi connectivity index (χ1) is 15.1. The number of hydrogen-bond acceptors (Lipinski definition) is 5. The molecule has 0 radical (unpaired) electrons. The van der Waals surface area contributed by atoms with E-state index in [0.29, 0.717) is 17.9 Å². The zero-order valence-electron chi connectivity index (χ0n) is 17.3. The number of thiophene rings is 1. The van der Waals surface area contributed by atoms with Gasteiger partial charge in [-0.1, -0.05) is 31.5 Å². The third-order valence-corrected chi connectivity index (χ3v) is 5.20. The van der Waals surface area contributed by atoms with Gasteiger partial charge < -0.3 is 9.47 Å². The van der Waals surface area contributed by atoms with Gasteiger partial charge in [-0.25, -0.2) is 4.79 Å². The van der Waals surface area contributed by atoms with Gasteiger partial charge in [0, 0.05) is 16.5 Å². The minimum absolute atomic E-state index is 0.103. The van der Waals surface area contributed by atoms with Crippen LogP contribution < -0.4 is 9.47 Å². The fourth-order valence-corrected chi connectivity index (χ4v) is 3.27. The van der Waals surface area contributed by atoms with Crippen molar-refractivity contribution in [2.24, 2.45) is 0 Å². The maximum absolute atomic E-state index is 12.2. The molecule has 0 aliphatic rings. The summed E-state index contributed by atoms with van der Waals surface area (Å²) in [5, 5.41) is 1.96. The highest BCUT2D eigenvalue weighted by atomic mass is 32.1. The number of esters is 1. The summed E-state index contributed by atoms with van der Waals surface area (Å²) in [5.41, 5.74) is 1.41. The smallest absolute Gasteiger partial charge is 0.336 e. The summed E-state index contributed by atoms with van der Waals surface area (Å²) in [5.74, 6) is 0.606. The van der Waals surface area contributed by atoms with E-state index < -0.39 is 5.97 Å². The van der Waals surface area contributed by atoms with Crippen molar-refractivity contribution < 1.29 is 19.1 Å². The first-order valence-electron chi connectivity index (χ1n) is 10.1. The van der Waals surface area contributed by atoms with Gasteiger partial charge in [0.2, 0.25) is 0 Å². The van der Waals surface area contributed by atoms with E-state index in [9.17, 15) is 9.59 Å². The lowest BCUT2D eigenvalue weighted by atomic mass is 10.1. The Hall–Kier alpha value is -3.44. The largest absolute Gasteiger partial charge is 0.494 e. The number of carbonyl (C=O) groups is 2. The van der Waals surface area contributed by atoms with Crippen LogP contribution in [0.25, 0.3) is 12.2 Å². The molecule has 0 aliphatic carbocycles. The summed E-state index contributed by atoms with van der Waals surface area (Å²) in [7, 11) is 0. The predicted octanol–water partition coefficient (Wildman–Crippen LogP) is 6.44. The Labute approximate surface area is 186 Å². The van der Waals surface area contributed by atoms with Crippen LogP contribution in [0, 0.1) is 0 Å². The first kappa shape index (κ1) is 22.2. The lowest BCUT2D eigenvalue weighted by molar-refractivity contribution is -0.128. The molecule has 0 aliphatic heterocycles. The van der Waals surface area contributed by atoms with E-state index in [4.69, 9.17) is 9.47 Å². The van der Waals surface area contributed by atoms with Crippen LogP contribution in [0.5, 0.6) is 11.5 Å². The van der Waals surface area contributed by atoms with Crippen LogP contribution >= 0.6 is 11.3 Å². The van der Waals surface area contributed by atoms with Gasteiger partial charge in [-0.2, -0.15) is 0 Å². The van der Waals surface area contributed by atoms with Gasteiger partial charge in [0.15, 0.2) is 5.78 Å². The van der Waals surface area contributed by atoms with Gasteiger partial charge in [-0.15, -0.1) is 11.3 Å². The minimum atomic E-state index is -0.486. The minimum Gasteiger partial charge on any atom is -0.494 e. The lowest BCUT2D eigenvalue weighted by Crippen LogP contribution is -2.04. The molecule has 3 aromatic rings. The third-order valence-electron chi connectivity index (χ3n) is 4.36. The Balaban J connectivity index is 1.50. The van der Waals surface area contributed by atoms with Gasteiger partial charge in [0.25, 0.3) is 0 Å². The third kappa shape index (κ3) is 7.39. The molecule has 2 aromatic carbocycles. The topological polar surface area (TPSA) is 52.6 Å². The normalized spacial score (nSPS) is 11.1. The molecule has 0 N–H and O–H groups in total. The zero-order chi connectivity index (χ0) is 21.9. The van der Waals surface area contributed by atoms with Crippen molar-refractivity contribution in [3.8, 4) is 11.5 Å². The predicted molar refractivity (Wildman–Crippen MR) is 126 cm³/mol. The Morgan fingerprint density at radius 2 is 1.65 bits per heavy atom. The Morgan fingerprint density at radius 3 is 2.32 bits per heavy atom. The summed E-state index contributed by atoms with van der Waals surface area (Å²) < 4.78 is 10.9. The van der Waals surface area contributed by atoms with E-state index in [-0.39, 0.29) is 5.78 Å². The Bertz CT molecular complexity index is 1030. The SMILES string of the molecule is CCCCOc1ccc(/C=C/C(=O)Oc2ccc(C(=O)/C=C/c3cccs3)cc2)cc1. The van der Waals surface area contributed by atoms with Crippen LogP contribution in [-0.4, -0.2) is 18.4 Å². The molecule has 1 aromatic heterocycles. The van der Waals surface area contributed by atoms with Crippen molar-refractivity contribution in [2.45, 2.75) is 19.8 Å². The highest BCUT2D eigenvalue weighted by Gasteiger charge is 2.05. The molecule has 0 fully saturated rings. The zero-order valence-corrected chi connectivity index (χ0v) is 18.1. The van der Waals surface area contributed by atoms with E-state index in [1.54, 1.807) is 47.8 Å². The van der Waals surface area contributed by atoms with Gasteiger partial charge >= 0.3 is 5.97 Å². The average Bonchev–Trinajstić information content (AvgIpc) is 3.31. The Kier molecular flexibility index (Phi) is 8.38. The molecule has 0 saturated heterocycles. The molecule has 0 spiro atoms. The number of carbonyl (C=O) groups excluding carboxylic acids is 2. The highest BCUT2D eigenvalue weighted by molar-refractivity contribution is 7.10. The standard InChI is InChI=1S/C26H24O4S/c1-2-3-18-29-22-11-6-20(7-12-22)8-17-26(28)30-23-13-9-21(10-14-23)25(27)16-15-24-5-4-19-31-24/h4-17,19H,2-3,18H2,1H3/b16-15+,17-8+. The fourth-order valence-electron chi connectivity index (χ4n) is 2.65. The van der Waals surface area contributed by atoms with E-state index >= 15 is 0 Å². The number of unbranched alkanes of at least 4 members (excludes halogenated alkanes) is 1. The molecule has 158 valence electrons. The summed E-state index contributed by atoms with van der Waals surface area (Å²) in [4.78, 5) is 25.3. The number of benzene rings is 2. The van der Waals surface area contributed by atoms with Crippen LogP contribution in [0.3, 0.4) is 0 Å². The van der Waals surface area contributed by atoms with Crippen molar-refractivity contribution in [3.05, 3.63) is 94.2 Å². The number of hydrogen-bond donors (Lipinski definition) is 0. The molecule has 1 heterocycles. The molecule has 0 bridgehead atoms. The van der Waals surface area contributed by atoms with Crippen molar-refractivity contribution in [3.63, 3.8) is 0 Å². The molecular formula is C26H24O4S. The van der Waals surface area contributed by atoms with Gasteiger partial charge in [-0.05, 0) is 78.1 Å². The average molecular weight is 433 g/mol. The second-order valence-electron chi connectivity index (χ2n) is 6.76. The molecule has 5 heteroatoms. The van der Waals surface area contributed by atoms with Crippen molar-refractivity contribution in [2.75, 3.05) is 6.61 Å². The van der Waals surface area contributed by atoms with Crippen LogP contribution in [0.2, 0.25) is 0 Å². The maximum Gasteiger partial charge on any atom is 0.336 e. The molecule has 0 amide bonds. The highest BCUT2D eigenvalue weighted by Crippen LogP contribution is 2.16. The molecule has 0 atom stereocenters. The summed E-state index contributed by atoms with van der Waals surface area (Å²) in [6, 6.07) is 17.9. The van der Waals surface area contributed by atoms with Crippen LogP contribution in [0.4, 0.5) is 0 Å². The van der Waals surface area contributed by atoms with Crippen molar-refractivity contribution in [1.82, 2.24) is 0 Å². The van der Waals surface area contributed by atoms with Gasteiger partial charge in [-0.3, -0.25) is 4.79 Å². The van der Waals surface area contributed by atoms with E-state index in [0.717, 1.165) is 29.0 Å².